The molecule has 0 aliphatic carbocycles. The van der Waals surface area contributed by atoms with Crippen LogP contribution in [0.5, 0.6) is 0 Å². The van der Waals surface area contributed by atoms with Crippen LogP contribution in [0.15, 0.2) is 24.3 Å². The highest BCUT2D eigenvalue weighted by Crippen LogP contribution is 2.24. The molecule has 0 bridgehead atoms. The van der Waals surface area contributed by atoms with E-state index in [-0.39, 0.29) is 6.61 Å². The van der Waals surface area contributed by atoms with E-state index < -0.39 is 11.9 Å². The minimum atomic E-state index is -0.700. The number of benzene rings is 1. The number of carbonyl (C=O) groups is 1. The number of aliphatic hydroxyl groups is 1. The topological polar surface area (TPSA) is 46.5 Å². The quantitative estimate of drug-likeness (QED) is 0.778. The van der Waals surface area contributed by atoms with Gasteiger partial charge in [0.15, 0.2) is 0 Å². The van der Waals surface area contributed by atoms with Crippen molar-refractivity contribution < 1.29 is 14.6 Å². The number of esters is 1. The first-order valence-electron chi connectivity index (χ1n) is 4.13. The predicted octanol–water partition coefficient (Wildman–Crippen LogP) is 1.59. The van der Waals surface area contributed by atoms with E-state index in [0.717, 1.165) is 0 Å². The van der Waals surface area contributed by atoms with E-state index in [1.165, 1.54) is 7.11 Å². The molecule has 1 atom stereocenters. The van der Waals surface area contributed by atoms with Crippen LogP contribution in [-0.4, -0.2) is 24.8 Å². The van der Waals surface area contributed by atoms with Crippen LogP contribution in [0.2, 0.25) is 5.02 Å². The number of halogens is 1. The lowest BCUT2D eigenvalue weighted by Crippen LogP contribution is -2.18. The normalized spacial score (nSPS) is 12.2. The molecule has 0 aliphatic rings. The second-order valence-corrected chi connectivity index (χ2v) is 3.19. The lowest BCUT2D eigenvalue weighted by Gasteiger charge is -2.13. The fraction of sp³-hybridized carbons (Fsp3) is 0.300. The second-order valence-electron chi connectivity index (χ2n) is 2.78. The van der Waals surface area contributed by atoms with Crippen molar-refractivity contribution in [1.29, 1.82) is 0 Å². The summed E-state index contributed by atoms with van der Waals surface area (Å²) in [6.45, 7) is -0.309. The third-order valence-electron chi connectivity index (χ3n) is 1.95. The highest BCUT2D eigenvalue weighted by atomic mass is 35.5. The maximum absolute atomic E-state index is 11.3. The molecule has 76 valence electrons. The van der Waals surface area contributed by atoms with Crippen LogP contribution in [0.4, 0.5) is 0 Å². The molecular weight excluding hydrogens is 204 g/mol. The molecule has 0 fully saturated rings. The lowest BCUT2D eigenvalue weighted by atomic mass is 10.0. The zero-order chi connectivity index (χ0) is 10.6. The highest BCUT2D eigenvalue weighted by molar-refractivity contribution is 6.31. The molecule has 1 aromatic carbocycles. The van der Waals surface area contributed by atoms with Gasteiger partial charge in [-0.05, 0) is 11.6 Å². The van der Waals surface area contributed by atoms with Crippen LogP contribution in [0.1, 0.15) is 11.5 Å². The van der Waals surface area contributed by atoms with Gasteiger partial charge in [-0.2, -0.15) is 0 Å². The number of carbonyl (C=O) groups excluding carboxylic acids is 1. The molecule has 4 heteroatoms. The van der Waals surface area contributed by atoms with Gasteiger partial charge in [0.05, 0.1) is 13.7 Å². The number of hydrogen-bond donors (Lipinski definition) is 1. The fourth-order valence-corrected chi connectivity index (χ4v) is 1.47. The fourth-order valence-electron chi connectivity index (χ4n) is 1.20. The number of ether oxygens (including phenoxy) is 1. The zero-order valence-electron chi connectivity index (χ0n) is 7.74. The van der Waals surface area contributed by atoms with Gasteiger partial charge in [-0.1, -0.05) is 29.8 Å². The smallest absolute Gasteiger partial charge is 0.315 e. The zero-order valence-corrected chi connectivity index (χ0v) is 8.49. The summed E-state index contributed by atoms with van der Waals surface area (Å²) in [5, 5.41) is 9.50. The SMILES string of the molecule is COC(=O)C(CO)c1ccccc1Cl. The molecule has 1 N–H and O–H groups in total. The molecule has 0 aliphatic heterocycles. The summed E-state index contributed by atoms with van der Waals surface area (Å²) in [6.07, 6.45) is 0. The van der Waals surface area contributed by atoms with E-state index in [1.807, 2.05) is 0 Å². The maximum Gasteiger partial charge on any atom is 0.315 e. The molecule has 14 heavy (non-hydrogen) atoms. The van der Waals surface area contributed by atoms with E-state index in [4.69, 9.17) is 16.7 Å². The summed E-state index contributed by atoms with van der Waals surface area (Å²) in [5.41, 5.74) is 0.587. The van der Waals surface area contributed by atoms with Crippen LogP contribution in [-0.2, 0) is 9.53 Å². The van der Waals surface area contributed by atoms with Crippen LogP contribution < -0.4 is 0 Å². The summed E-state index contributed by atoms with van der Waals surface area (Å²) in [4.78, 5) is 11.3. The van der Waals surface area contributed by atoms with E-state index in [9.17, 15) is 4.79 Å². The minimum absolute atomic E-state index is 0.309. The molecule has 0 aromatic heterocycles. The van der Waals surface area contributed by atoms with Gasteiger partial charge in [0.25, 0.3) is 0 Å². The van der Waals surface area contributed by atoms with Gasteiger partial charge in [0.1, 0.15) is 5.92 Å². The van der Waals surface area contributed by atoms with Crippen molar-refractivity contribution in [3.8, 4) is 0 Å². The highest BCUT2D eigenvalue weighted by Gasteiger charge is 2.22. The van der Waals surface area contributed by atoms with Crippen molar-refractivity contribution >= 4 is 17.6 Å². The number of hydrogen-bond acceptors (Lipinski definition) is 3. The van der Waals surface area contributed by atoms with Crippen molar-refractivity contribution in [2.75, 3.05) is 13.7 Å². The second kappa shape index (κ2) is 4.98. The number of aliphatic hydroxyl groups excluding tert-OH is 1. The Kier molecular flexibility index (Phi) is 3.92. The first-order chi connectivity index (χ1) is 6.70. The lowest BCUT2D eigenvalue weighted by molar-refractivity contribution is -0.143. The molecule has 1 aromatic rings. The van der Waals surface area contributed by atoms with E-state index in [0.29, 0.717) is 10.6 Å². The van der Waals surface area contributed by atoms with Crippen LogP contribution in [0, 0.1) is 0 Å². The molecule has 1 rings (SSSR count). The Morgan fingerprint density at radius 3 is 2.71 bits per heavy atom. The standard InChI is InChI=1S/C10H11ClO3/c1-14-10(13)8(6-12)7-4-2-3-5-9(7)11/h2-5,8,12H,6H2,1H3. The Labute approximate surface area is 87.3 Å². The Morgan fingerprint density at radius 2 is 2.21 bits per heavy atom. The van der Waals surface area contributed by atoms with E-state index in [2.05, 4.69) is 4.74 Å². The Bertz CT molecular complexity index is 325. The van der Waals surface area contributed by atoms with Gasteiger partial charge in [0, 0.05) is 5.02 Å². The van der Waals surface area contributed by atoms with Gasteiger partial charge < -0.3 is 9.84 Å². The molecule has 0 amide bonds. The van der Waals surface area contributed by atoms with Gasteiger partial charge >= 0.3 is 5.97 Å². The Hall–Kier alpha value is -1.06. The Balaban J connectivity index is 3.01. The molecule has 0 spiro atoms. The van der Waals surface area contributed by atoms with Crippen molar-refractivity contribution in [3.63, 3.8) is 0 Å². The number of methoxy groups -OCH3 is 1. The minimum Gasteiger partial charge on any atom is -0.468 e. The number of rotatable bonds is 3. The summed E-state index contributed by atoms with van der Waals surface area (Å²) < 4.78 is 4.56. The van der Waals surface area contributed by atoms with Gasteiger partial charge in [0.2, 0.25) is 0 Å². The average Bonchev–Trinajstić information content (AvgIpc) is 2.21. The van der Waals surface area contributed by atoms with Crippen molar-refractivity contribution in [2.45, 2.75) is 5.92 Å². The largest absolute Gasteiger partial charge is 0.468 e. The van der Waals surface area contributed by atoms with Gasteiger partial charge in [-0.25, -0.2) is 0 Å². The first kappa shape index (κ1) is 11.0. The van der Waals surface area contributed by atoms with Crippen LogP contribution in [0.3, 0.4) is 0 Å². The molecule has 0 heterocycles. The average molecular weight is 215 g/mol. The molecule has 0 radical (unpaired) electrons. The van der Waals surface area contributed by atoms with Crippen molar-refractivity contribution in [1.82, 2.24) is 0 Å². The van der Waals surface area contributed by atoms with Crippen molar-refractivity contribution in [3.05, 3.63) is 34.9 Å². The molecular formula is C10H11ClO3. The summed E-state index contributed by atoms with van der Waals surface area (Å²) in [6, 6.07) is 6.88. The maximum atomic E-state index is 11.3. The summed E-state index contributed by atoms with van der Waals surface area (Å²) >= 11 is 5.88. The predicted molar refractivity (Wildman–Crippen MR) is 53.3 cm³/mol. The Morgan fingerprint density at radius 1 is 1.57 bits per heavy atom. The van der Waals surface area contributed by atoms with E-state index >= 15 is 0 Å². The van der Waals surface area contributed by atoms with E-state index in [1.54, 1.807) is 24.3 Å². The molecule has 0 saturated heterocycles. The summed E-state index contributed by atoms with van der Waals surface area (Å²) in [5.74, 6) is -1.19. The summed E-state index contributed by atoms with van der Waals surface area (Å²) in [7, 11) is 1.28. The van der Waals surface area contributed by atoms with Gasteiger partial charge in [-0.15, -0.1) is 0 Å². The third kappa shape index (κ3) is 2.25. The molecule has 1 unspecified atom stereocenters. The molecule has 3 nitrogen and oxygen atoms in total. The molecule has 0 saturated carbocycles. The first-order valence-corrected chi connectivity index (χ1v) is 4.51. The van der Waals surface area contributed by atoms with Crippen LogP contribution in [0.25, 0.3) is 0 Å². The third-order valence-corrected chi connectivity index (χ3v) is 2.29. The van der Waals surface area contributed by atoms with Crippen LogP contribution >= 0.6 is 11.6 Å². The van der Waals surface area contributed by atoms with Crippen molar-refractivity contribution in [2.24, 2.45) is 0 Å². The monoisotopic (exact) mass is 214 g/mol. The van der Waals surface area contributed by atoms with Gasteiger partial charge in [-0.3, -0.25) is 4.79 Å².